The van der Waals surface area contributed by atoms with Crippen molar-refractivity contribution < 1.29 is 0 Å². The molecule has 0 spiro atoms. The van der Waals surface area contributed by atoms with Gasteiger partial charge in [0.05, 0.1) is 0 Å². The van der Waals surface area contributed by atoms with Crippen LogP contribution in [-0.2, 0) is 0 Å². The fraction of sp³-hybridized carbons (Fsp3) is 0. The largest absolute Gasteiger partial charge is 0.0984 e. The van der Waals surface area contributed by atoms with Gasteiger partial charge in [0.15, 0.2) is 0 Å². The van der Waals surface area contributed by atoms with E-state index >= 15 is 0 Å². The molecule has 0 N–H and O–H groups in total. The van der Waals surface area contributed by atoms with Gasteiger partial charge in [-0.1, -0.05) is 25.3 Å². The van der Waals surface area contributed by atoms with Gasteiger partial charge in [0.25, 0.3) is 0 Å². The summed E-state index contributed by atoms with van der Waals surface area (Å²) < 4.78 is 7.31. The molecule has 0 bridgehead atoms. The van der Waals surface area contributed by atoms with Gasteiger partial charge in [-0.3, -0.25) is 0 Å². The molecule has 24 heavy (non-hydrogen) atoms. The van der Waals surface area contributed by atoms with Crippen molar-refractivity contribution in [2.45, 2.75) is 0 Å². The Bertz CT molecular complexity index is 854. The first kappa shape index (κ1) is 22.1. The van der Waals surface area contributed by atoms with Gasteiger partial charge in [-0.2, -0.15) is 0 Å². The second kappa shape index (κ2) is 8.84. The highest BCUT2D eigenvalue weighted by Crippen LogP contribution is 2.53. The van der Waals surface area contributed by atoms with E-state index in [4.69, 9.17) is 0 Å². The standard InChI is InChI=1S/C16H6Br8/c1-3-5-6(4-2)9(17)13(21)10(18)7(5)8-11(19)14(22)16(24)15(23)12(8)20/h3-4H,1-2H2. The molecule has 2 aromatic carbocycles. The minimum atomic E-state index is 0.909. The van der Waals surface area contributed by atoms with Gasteiger partial charge < -0.3 is 0 Å². The van der Waals surface area contributed by atoms with E-state index in [0.717, 1.165) is 58.0 Å². The number of hydrogen-bond acceptors (Lipinski definition) is 0. The maximum atomic E-state index is 3.99. The van der Waals surface area contributed by atoms with Gasteiger partial charge in [-0.05, 0) is 139 Å². The van der Waals surface area contributed by atoms with Crippen LogP contribution >= 0.6 is 127 Å². The lowest BCUT2D eigenvalue weighted by molar-refractivity contribution is 1.40. The van der Waals surface area contributed by atoms with Crippen LogP contribution in [0.25, 0.3) is 23.3 Å². The van der Waals surface area contributed by atoms with E-state index in [1.807, 2.05) is 12.2 Å². The molecular weight excluding hydrogens is 831 g/mol. The third kappa shape index (κ3) is 3.69. The second-order valence-electron chi connectivity index (χ2n) is 4.50. The maximum Gasteiger partial charge on any atom is 0.0482 e. The molecule has 0 radical (unpaired) electrons. The van der Waals surface area contributed by atoms with Crippen molar-refractivity contribution in [1.29, 1.82) is 0 Å². The summed E-state index contributed by atoms with van der Waals surface area (Å²) in [6, 6.07) is 0. The Morgan fingerprint density at radius 2 is 0.750 bits per heavy atom. The van der Waals surface area contributed by atoms with Crippen molar-refractivity contribution in [2.24, 2.45) is 0 Å². The molecule has 0 saturated heterocycles. The Hall–Kier alpha value is 1.76. The van der Waals surface area contributed by atoms with Crippen LogP contribution in [0.5, 0.6) is 0 Å². The molecule has 0 atom stereocenters. The first-order valence-corrected chi connectivity index (χ1v) is 12.5. The van der Waals surface area contributed by atoms with E-state index in [2.05, 4.69) is 141 Å². The van der Waals surface area contributed by atoms with E-state index in [1.54, 1.807) is 0 Å². The fourth-order valence-corrected chi connectivity index (χ4v) is 7.48. The van der Waals surface area contributed by atoms with Crippen LogP contribution in [-0.4, -0.2) is 0 Å². The number of hydrogen-bond donors (Lipinski definition) is 0. The fourth-order valence-electron chi connectivity index (χ4n) is 2.18. The summed E-state index contributed by atoms with van der Waals surface area (Å²) in [6.07, 6.45) is 3.64. The Balaban J connectivity index is 3.13. The zero-order chi connectivity index (χ0) is 18.3. The summed E-state index contributed by atoms with van der Waals surface area (Å²) in [5.74, 6) is 0. The third-order valence-corrected chi connectivity index (χ3v) is 12.8. The smallest absolute Gasteiger partial charge is 0.0482 e. The van der Waals surface area contributed by atoms with Gasteiger partial charge >= 0.3 is 0 Å². The first-order valence-electron chi connectivity index (χ1n) is 6.16. The quantitative estimate of drug-likeness (QED) is 0.213. The van der Waals surface area contributed by atoms with Gasteiger partial charge in [-0.15, -0.1) is 0 Å². The number of benzene rings is 2. The lowest BCUT2D eigenvalue weighted by atomic mass is 9.95. The monoisotopic (exact) mass is 829 g/mol. The molecule has 0 heterocycles. The molecule has 2 rings (SSSR count). The van der Waals surface area contributed by atoms with Crippen molar-refractivity contribution in [1.82, 2.24) is 0 Å². The molecule has 0 fully saturated rings. The summed E-state index contributed by atoms with van der Waals surface area (Å²) in [5.41, 5.74) is 3.90. The topological polar surface area (TPSA) is 0 Å². The van der Waals surface area contributed by atoms with Crippen molar-refractivity contribution in [2.75, 3.05) is 0 Å². The number of halogens is 8. The van der Waals surface area contributed by atoms with Crippen LogP contribution in [0.4, 0.5) is 0 Å². The highest BCUT2D eigenvalue weighted by molar-refractivity contribution is 9.16. The number of rotatable bonds is 3. The molecule has 0 saturated carbocycles. The van der Waals surface area contributed by atoms with Crippen molar-refractivity contribution in [3.63, 3.8) is 0 Å². The maximum absolute atomic E-state index is 3.99. The summed E-state index contributed by atoms with van der Waals surface area (Å²) in [6.45, 7) is 7.93. The van der Waals surface area contributed by atoms with Gasteiger partial charge in [0.2, 0.25) is 0 Å². The van der Waals surface area contributed by atoms with E-state index < -0.39 is 0 Å². The van der Waals surface area contributed by atoms with Crippen molar-refractivity contribution in [3.8, 4) is 11.1 Å². The Morgan fingerprint density at radius 1 is 0.417 bits per heavy atom. The van der Waals surface area contributed by atoms with Gasteiger partial charge in [0, 0.05) is 46.9 Å². The average Bonchev–Trinajstić information content (AvgIpc) is 2.57. The highest BCUT2D eigenvalue weighted by atomic mass is 79.9. The minimum Gasteiger partial charge on any atom is -0.0984 e. The SMILES string of the molecule is C=Cc1c(Br)c(Br)c(Br)c(-c2c(Br)c(Br)c(Br)c(Br)c2Br)c1C=C. The molecular formula is C16H6Br8. The van der Waals surface area contributed by atoms with Crippen LogP contribution in [0.3, 0.4) is 0 Å². The van der Waals surface area contributed by atoms with Crippen LogP contribution < -0.4 is 0 Å². The lowest BCUT2D eigenvalue weighted by Gasteiger charge is -2.21. The van der Waals surface area contributed by atoms with E-state index in [0.29, 0.717) is 0 Å². The normalized spacial score (nSPS) is 10.8. The Morgan fingerprint density at radius 3 is 1.17 bits per heavy atom. The van der Waals surface area contributed by atoms with Crippen molar-refractivity contribution >= 4 is 140 Å². The molecule has 0 aliphatic carbocycles. The summed E-state index contributed by atoms with van der Waals surface area (Å²) >= 11 is 29.2. The van der Waals surface area contributed by atoms with E-state index in [-0.39, 0.29) is 0 Å². The molecule has 0 aliphatic rings. The average molecular weight is 837 g/mol. The van der Waals surface area contributed by atoms with E-state index in [9.17, 15) is 0 Å². The predicted octanol–water partition coefficient (Wildman–Crippen LogP) is 10.7. The molecule has 8 heteroatoms. The molecule has 0 aromatic heterocycles. The summed E-state index contributed by atoms with van der Waals surface area (Å²) in [7, 11) is 0. The van der Waals surface area contributed by atoms with Crippen LogP contribution in [0.15, 0.2) is 48.9 Å². The Labute approximate surface area is 208 Å². The minimum absolute atomic E-state index is 0.909. The van der Waals surface area contributed by atoms with Gasteiger partial charge in [0.1, 0.15) is 0 Å². The molecule has 0 nitrogen and oxygen atoms in total. The molecule has 2 aromatic rings. The second-order valence-corrected chi connectivity index (χ2v) is 10.8. The molecule has 0 amide bonds. The summed E-state index contributed by atoms with van der Waals surface area (Å²) in [5, 5.41) is 0. The highest BCUT2D eigenvalue weighted by Gasteiger charge is 2.25. The molecule has 0 unspecified atom stereocenters. The van der Waals surface area contributed by atoms with Crippen LogP contribution in [0.1, 0.15) is 11.1 Å². The molecule has 0 aliphatic heterocycles. The van der Waals surface area contributed by atoms with Crippen LogP contribution in [0, 0.1) is 0 Å². The third-order valence-electron chi connectivity index (χ3n) is 3.27. The predicted molar refractivity (Wildman–Crippen MR) is 134 cm³/mol. The first-order chi connectivity index (χ1) is 11.2. The van der Waals surface area contributed by atoms with Crippen LogP contribution in [0.2, 0.25) is 0 Å². The zero-order valence-electron chi connectivity index (χ0n) is 11.6. The lowest BCUT2D eigenvalue weighted by Crippen LogP contribution is -1.96. The molecule has 126 valence electrons. The van der Waals surface area contributed by atoms with Gasteiger partial charge in [-0.25, -0.2) is 0 Å². The van der Waals surface area contributed by atoms with Crippen molar-refractivity contribution in [3.05, 3.63) is 60.1 Å². The zero-order valence-corrected chi connectivity index (χ0v) is 24.3. The van der Waals surface area contributed by atoms with E-state index in [1.165, 1.54) is 0 Å². The Kier molecular flexibility index (Phi) is 8.12. The summed E-state index contributed by atoms with van der Waals surface area (Å²) in [4.78, 5) is 0.